The van der Waals surface area contributed by atoms with Crippen molar-refractivity contribution in [2.24, 2.45) is 17.3 Å². The minimum Gasteiger partial charge on any atom is -0.508 e. The number of hydrogen-bond acceptors (Lipinski definition) is 3. The van der Waals surface area contributed by atoms with Crippen LogP contribution in [0.15, 0.2) is 48.5 Å². The first-order chi connectivity index (χ1) is 14.4. The molecular weight excluding hydrogens is 372 g/mol. The van der Waals surface area contributed by atoms with Gasteiger partial charge < -0.3 is 14.9 Å². The summed E-state index contributed by atoms with van der Waals surface area (Å²) in [6.45, 7) is 2.32. The second-order valence-electron chi connectivity index (χ2n) is 9.82. The number of fused-ring (bicyclic) bond motifs is 5. The number of rotatable bonds is 3. The predicted molar refractivity (Wildman–Crippen MR) is 120 cm³/mol. The van der Waals surface area contributed by atoms with E-state index in [2.05, 4.69) is 25.1 Å². The van der Waals surface area contributed by atoms with E-state index in [-0.39, 0.29) is 5.41 Å². The molecule has 158 valence electrons. The van der Waals surface area contributed by atoms with E-state index < -0.39 is 5.60 Å². The SMILES string of the molecule is COc1ccc(/C=C/[C@]2(O)CCC3C4CCc5cc(O)ccc5C4CC[C@@]32C)cc1. The molecule has 3 nitrogen and oxygen atoms in total. The highest BCUT2D eigenvalue weighted by Crippen LogP contribution is 2.64. The fourth-order valence-corrected chi connectivity index (χ4v) is 6.84. The Morgan fingerprint density at radius 2 is 1.83 bits per heavy atom. The lowest BCUT2D eigenvalue weighted by Crippen LogP contribution is -2.49. The molecular formula is C27H32O3. The molecule has 3 aliphatic rings. The molecule has 3 heteroatoms. The van der Waals surface area contributed by atoms with Crippen molar-refractivity contribution in [3.05, 3.63) is 65.2 Å². The molecule has 0 aliphatic heterocycles. The van der Waals surface area contributed by atoms with Gasteiger partial charge in [-0.2, -0.15) is 0 Å². The zero-order valence-corrected chi connectivity index (χ0v) is 18.0. The third-order valence-electron chi connectivity index (χ3n) is 8.59. The Hall–Kier alpha value is -2.26. The first kappa shape index (κ1) is 19.7. The maximum absolute atomic E-state index is 11.8. The topological polar surface area (TPSA) is 49.7 Å². The van der Waals surface area contributed by atoms with Crippen molar-refractivity contribution in [3.63, 3.8) is 0 Å². The lowest BCUT2D eigenvalue weighted by Gasteiger charge is -2.52. The largest absolute Gasteiger partial charge is 0.508 e. The molecule has 2 saturated carbocycles. The Kier molecular flexibility index (Phi) is 4.70. The van der Waals surface area contributed by atoms with E-state index in [1.807, 2.05) is 36.4 Å². The van der Waals surface area contributed by atoms with Crippen LogP contribution >= 0.6 is 0 Å². The first-order valence-corrected chi connectivity index (χ1v) is 11.3. The first-order valence-electron chi connectivity index (χ1n) is 11.3. The van der Waals surface area contributed by atoms with Crippen LogP contribution in [-0.2, 0) is 6.42 Å². The molecule has 3 unspecified atom stereocenters. The van der Waals surface area contributed by atoms with E-state index in [9.17, 15) is 10.2 Å². The smallest absolute Gasteiger partial charge is 0.118 e. The molecule has 2 aromatic rings. The minimum absolute atomic E-state index is 0.0778. The number of aliphatic hydroxyl groups is 1. The Morgan fingerprint density at radius 3 is 2.60 bits per heavy atom. The van der Waals surface area contributed by atoms with Gasteiger partial charge in [-0.05, 0) is 97.2 Å². The number of aryl methyl sites for hydroxylation is 1. The number of phenols is 1. The highest BCUT2D eigenvalue weighted by molar-refractivity contribution is 5.52. The lowest BCUT2D eigenvalue weighted by molar-refractivity contribution is -0.0705. The van der Waals surface area contributed by atoms with Gasteiger partial charge in [0.15, 0.2) is 0 Å². The van der Waals surface area contributed by atoms with Crippen molar-refractivity contribution in [1.82, 2.24) is 0 Å². The Balaban J connectivity index is 1.40. The van der Waals surface area contributed by atoms with E-state index in [0.29, 0.717) is 23.5 Å². The zero-order valence-electron chi connectivity index (χ0n) is 18.0. The maximum atomic E-state index is 11.8. The van der Waals surface area contributed by atoms with Crippen LogP contribution in [0.5, 0.6) is 11.5 Å². The van der Waals surface area contributed by atoms with Crippen molar-refractivity contribution in [1.29, 1.82) is 0 Å². The van der Waals surface area contributed by atoms with Crippen LogP contribution in [0.3, 0.4) is 0 Å². The molecule has 0 aromatic heterocycles. The molecule has 2 aromatic carbocycles. The van der Waals surface area contributed by atoms with Gasteiger partial charge in [-0.15, -0.1) is 0 Å². The summed E-state index contributed by atoms with van der Waals surface area (Å²) in [7, 11) is 1.68. The molecule has 30 heavy (non-hydrogen) atoms. The Morgan fingerprint density at radius 1 is 1.03 bits per heavy atom. The van der Waals surface area contributed by atoms with Crippen molar-refractivity contribution in [2.45, 2.75) is 57.0 Å². The van der Waals surface area contributed by atoms with E-state index >= 15 is 0 Å². The Labute approximate surface area is 179 Å². The highest BCUT2D eigenvalue weighted by atomic mass is 16.5. The molecule has 0 radical (unpaired) electrons. The second-order valence-corrected chi connectivity index (χ2v) is 9.82. The van der Waals surface area contributed by atoms with Gasteiger partial charge in [0.05, 0.1) is 12.7 Å². The molecule has 0 amide bonds. The quantitative estimate of drug-likeness (QED) is 0.690. The maximum Gasteiger partial charge on any atom is 0.118 e. The van der Waals surface area contributed by atoms with Gasteiger partial charge in [-0.1, -0.05) is 37.3 Å². The summed E-state index contributed by atoms with van der Waals surface area (Å²) in [6.07, 6.45) is 10.5. The van der Waals surface area contributed by atoms with Crippen molar-refractivity contribution in [2.75, 3.05) is 7.11 Å². The molecule has 0 saturated heterocycles. The number of ether oxygens (including phenoxy) is 1. The summed E-state index contributed by atoms with van der Waals surface area (Å²) >= 11 is 0. The van der Waals surface area contributed by atoms with Crippen LogP contribution in [-0.4, -0.2) is 22.9 Å². The van der Waals surface area contributed by atoms with Crippen LogP contribution < -0.4 is 4.74 Å². The number of phenolic OH excluding ortho intramolecular Hbond substituents is 1. The summed E-state index contributed by atoms with van der Waals surface area (Å²) < 4.78 is 5.25. The normalized spacial score (nSPS) is 35.0. The predicted octanol–water partition coefficient (Wildman–Crippen LogP) is 5.70. The van der Waals surface area contributed by atoms with Gasteiger partial charge in [0.25, 0.3) is 0 Å². The van der Waals surface area contributed by atoms with Gasteiger partial charge in [0.1, 0.15) is 11.5 Å². The molecule has 0 heterocycles. The lowest BCUT2D eigenvalue weighted by atomic mass is 9.53. The van der Waals surface area contributed by atoms with Gasteiger partial charge in [-0.3, -0.25) is 0 Å². The third-order valence-corrected chi connectivity index (χ3v) is 8.59. The van der Waals surface area contributed by atoms with Crippen LogP contribution in [0.2, 0.25) is 0 Å². The summed E-state index contributed by atoms with van der Waals surface area (Å²) in [4.78, 5) is 0. The number of aromatic hydroxyl groups is 1. The van der Waals surface area contributed by atoms with Gasteiger partial charge in [0, 0.05) is 5.41 Å². The molecule has 5 atom stereocenters. The third kappa shape index (κ3) is 2.98. The number of hydrogen-bond donors (Lipinski definition) is 2. The summed E-state index contributed by atoms with van der Waals surface area (Å²) in [5, 5.41) is 21.7. The molecule has 2 N–H and O–H groups in total. The van der Waals surface area contributed by atoms with E-state index in [4.69, 9.17) is 4.74 Å². The summed E-state index contributed by atoms with van der Waals surface area (Å²) in [6, 6.07) is 14.0. The average molecular weight is 405 g/mol. The van der Waals surface area contributed by atoms with Crippen molar-refractivity contribution < 1.29 is 14.9 Å². The number of methoxy groups -OCH3 is 1. The molecule has 0 spiro atoms. The van der Waals surface area contributed by atoms with Crippen molar-refractivity contribution in [3.8, 4) is 11.5 Å². The van der Waals surface area contributed by atoms with E-state index in [1.165, 1.54) is 17.5 Å². The standard InChI is InChI=1S/C27H32O3/c1-26-14-12-23-22-10-6-20(28)17-19(22)5-9-24(23)25(26)13-16-27(26,29)15-11-18-3-7-21(30-2)8-4-18/h3-4,6-8,10-11,15,17,23-25,28-29H,5,9,12-14,16H2,1-2H3/b15-11+/t23?,24?,25?,26-,27-/m0/s1. The van der Waals surface area contributed by atoms with Gasteiger partial charge >= 0.3 is 0 Å². The zero-order chi connectivity index (χ0) is 20.9. The summed E-state index contributed by atoms with van der Waals surface area (Å²) in [5.41, 5.74) is 3.03. The highest BCUT2D eigenvalue weighted by Gasteiger charge is 2.60. The van der Waals surface area contributed by atoms with E-state index in [1.54, 1.807) is 7.11 Å². The van der Waals surface area contributed by atoms with Crippen LogP contribution in [0.4, 0.5) is 0 Å². The fourth-order valence-electron chi connectivity index (χ4n) is 6.84. The molecule has 3 aliphatic carbocycles. The van der Waals surface area contributed by atoms with Crippen LogP contribution in [0, 0.1) is 17.3 Å². The fraction of sp³-hybridized carbons (Fsp3) is 0.481. The van der Waals surface area contributed by atoms with Crippen molar-refractivity contribution >= 4 is 6.08 Å². The minimum atomic E-state index is -0.752. The van der Waals surface area contributed by atoms with Crippen LogP contribution in [0.25, 0.3) is 6.08 Å². The molecule has 2 fully saturated rings. The van der Waals surface area contributed by atoms with Gasteiger partial charge in [0.2, 0.25) is 0 Å². The average Bonchev–Trinajstić information content (AvgIpc) is 3.03. The van der Waals surface area contributed by atoms with Gasteiger partial charge in [-0.25, -0.2) is 0 Å². The van der Waals surface area contributed by atoms with E-state index in [0.717, 1.165) is 43.4 Å². The Bertz CT molecular complexity index is 963. The summed E-state index contributed by atoms with van der Waals surface area (Å²) in [5.74, 6) is 2.98. The second kappa shape index (κ2) is 7.16. The molecule has 0 bridgehead atoms. The monoisotopic (exact) mass is 404 g/mol. The number of benzene rings is 2. The molecule has 5 rings (SSSR count). The van der Waals surface area contributed by atoms with Crippen LogP contribution in [0.1, 0.15) is 61.6 Å².